The number of fused-ring (bicyclic) bond motifs is 5. The number of Topliss-reactive ketones (excluding diaryl/α,β-unsaturated/α-hetero) is 1. The monoisotopic (exact) mass is 484 g/mol. The van der Waals surface area contributed by atoms with E-state index in [0.29, 0.717) is 19.3 Å². The van der Waals surface area contributed by atoms with E-state index in [9.17, 15) is 19.8 Å². The third-order valence-electron chi connectivity index (χ3n) is 9.86. The molecule has 4 aliphatic rings. The Morgan fingerprint density at radius 3 is 2.79 bits per heavy atom. The number of aliphatic hydroxyl groups excluding tert-OH is 1. The topological polar surface area (TPSA) is 100 Å². The summed E-state index contributed by atoms with van der Waals surface area (Å²) in [6, 6.07) is 0. The fourth-order valence-corrected chi connectivity index (χ4v) is 8.99. The molecule has 0 bridgehead atoms. The van der Waals surface area contributed by atoms with Crippen molar-refractivity contribution in [1.82, 2.24) is 9.97 Å². The zero-order valence-corrected chi connectivity index (χ0v) is 21.0. The quantitative estimate of drug-likeness (QED) is 0.596. The smallest absolute Gasteiger partial charge is 0.174 e. The van der Waals surface area contributed by atoms with Crippen molar-refractivity contribution in [3.63, 3.8) is 0 Å². The Labute approximate surface area is 206 Å². The van der Waals surface area contributed by atoms with E-state index in [1.807, 2.05) is 13.0 Å². The van der Waals surface area contributed by atoms with Crippen LogP contribution in [-0.4, -0.2) is 55.0 Å². The summed E-state index contributed by atoms with van der Waals surface area (Å²) in [5.41, 5.74) is -0.0463. The van der Waals surface area contributed by atoms with Gasteiger partial charge in [0.25, 0.3) is 0 Å². The average Bonchev–Trinajstić information content (AvgIpc) is 3.08. The van der Waals surface area contributed by atoms with E-state index in [-0.39, 0.29) is 40.5 Å². The Kier molecular flexibility index (Phi) is 6.26. The Balaban J connectivity index is 1.30. The number of nitrogens with zero attached hydrogens (tertiary/aromatic N) is 2. The van der Waals surface area contributed by atoms with Crippen LogP contribution in [0.4, 0.5) is 0 Å². The number of aryl methyl sites for hydroxylation is 1. The van der Waals surface area contributed by atoms with Crippen LogP contribution in [0, 0.1) is 28.6 Å². The molecule has 34 heavy (non-hydrogen) atoms. The minimum absolute atomic E-state index is 0.0949. The molecule has 0 aliphatic heterocycles. The Hall–Kier alpha value is -1.57. The summed E-state index contributed by atoms with van der Waals surface area (Å²) in [5, 5.41) is 23.3. The van der Waals surface area contributed by atoms with Crippen LogP contribution in [0.1, 0.15) is 64.5 Å². The molecule has 7 atom stereocenters. The first kappa shape index (κ1) is 24.1. The molecule has 184 valence electrons. The maximum Gasteiger partial charge on any atom is 0.174 e. The van der Waals surface area contributed by atoms with E-state index in [2.05, 4.69) is 16.9 Å². The molecule has 0 aromatic carbocycles. The Morgan fingerprint density at radius 2 is 2.03 bits per heavy atom. The Morgan fingerprint density at radius 1 is 1.21 bits per heavy atom. The first-order valence-corrected chi connectivity index (χ1v) is 13.8. The van der Waals surface area contributed by atoms with E-state index >= 15 is 0 Å². The fraction of sp³-hybridized carbons (Fsp3) is 0.704. The van der Waals surface area contributed by atoms with Crippen molar-refractivity contribution < 1.29 is 19.8 Å². The third-order valence-corrected chi connectivity index (χ3v) is 10.8. The van der Waals surface area contributed by atoms with Crippen molar-refractivity contribution in [2.24, 2.45) is 28.6 Å². The van der Waals surface area contributed by atoms with Gasteiger partial charge in [-0.15, -0.1) is 0 Å². The highest BCUT2D eigenvalue weighted by Gasteiger charge is 2.68. The van der Waals surface area contributed by atoms with Crippen molar-refractivity contribution >= 4 is 23.3 Å². The minimum Gasteiger partial charge on any atom is -0.393 e. The number of carbonyl (C=O) groups excluding carboxylic acids is 2. The standard InChI is InChI=1S/C27H36N2O4S/c1-25-8-5-19(30)13-17(25)3-4-20-21-6-9-27(33,26(21,2)14-22(31)24(20)25)23(32)16-34-12-7-18-15-28-10-11-29-18/h10-11,13,15,20-22,24,31,33H,3-9,12,14,16H2,1-2H3/t20?,21?,22-,24?,25?,26?,27-/m0/s1. The molecule has 0 radical (unpaired) electrons. The van der Waals surface area contributed by atoms with E-state index in [1.165, 1.54) is 17.3 Å². The lowest BCUT2D eigenvalue weighted by molar-refractivity contribution is -0.178. The van der Waals surface area contributed by atoms with Gasteiger partial charge in [0, 0.05) is 36.8 Å². The molecule has 4 aliphatic carbocycles. The summed E-state index contributed by atoms with van der Waals surface area (Å²) >= 11 is 1.54. The summed E-state index contributed by atoms with van der Waals surface area (Å²) in [5.74, 6) is 1.72. The van der Waals surface area contributed by atoms with Crippen LogP contribution in [0.3, 0.4) is 0 Å². The van der Waals surface area contributed by atoms with Gasteiger partial charge in [0.2, 0.25) is 0 Å². The summed E-state index contributed by atoms with van der Waals surface area (Å²) in [6.45, 7) is 4.28. The highest BCUT2D eigenvalue weighted by atomic mass is 32.2. The third kappa shape index (κ3) is 3.70. The van der Waals surface area contributed by atoms with E-state index in [1.54, 1.807) is 18.6 Å². The lowest BCUT2D eigenvalue weighted by Crippen LogP contribution is -2.62. The van der Waals surface area contributed by atoms with Crippen LogP contribution in [0.25, 0.3) is 0 Å². The van der Waals surface area contributed by atoms with E-state index in [0.717, 1.165) is 43.6 Å². The van der Waals surface area contributed by atoms with Crippen LogP contribution < -0.4 is 0 Å². The second-order valence-corrected chi connectivity index (χ2v) is 12.5. The van der Waals surface area contributed by atoms with Gasteiger partial charge in [-0.3, -0.25) is 19.6 Å². The summed E-state index contributed by atoms with van der Waals surface area (Å²) < 4.78 is 0. The largest absolute Gasteiger partial charge is 0.393 e. The maximum atomic E-state index is 13.4. The molecule has 0 saturated heterocycles. The zero-order chi connectivity index (χ0) is 24.1. The zero-order valence-electron chi connectivity index (χ0n) is 20.2. The molecule has 2 N–H and O–H groups in total. The van der Waals surface area contributed by atoms with Gasteiger partial charge in [0.1, 0.15) is 5.60 Å². The van der Waals surface area contributed by atoms with Crippen molar-refractivity contribution in [2.75, 3.05) is 11.5 Å². The van der Waals surface area contributed by atoms with Crippen LogP contribution in [0.2, 0.25) is 0 Å². The molecule has 3 fully saturated rings. The number of carbonyl (C=O) groups is 2. The normalized spacial score (nSPS) is 41.3. The second kappa shape index (κ2) is 8.82. The lowest BCUT2D eigenvalue weighted by Gasteiger charge is -2.60. The van der Waals surface area contributed by atoms with E-state index in [4.69, 9.17) is 0 Å². The molecule has 5 rings (SSSR count). The fourth-order valence-electron chi connectivity index (χ4n) is 8.07. The highest BCUT2D eigenvalue weighted by Crippen LogP contribution is 2.67. The lowest BCUT2D eigenvalue weighted by atomic mass is 9.45. The minimum atomic E-state index is -1.39. The van der Waals surface area contributed by atoms with Crippen molar-refractivity contribution in [3.8, 4) is 0 Å². The van der Waals surface area contributed by atoms with Crippen LogP contribution >= 0.6 is 11.8 Å². The van der Waals surface area contributed by atoms with Gasteiger partial charge >= 0.3 is 0 Å². The number of hydrogen-bond acceptors (Lipinski definition) is 7. The molecule has 7 heteroatoms. The van der Waals surface area contributed by atoms with Crippen LogP contribution in [-0.2, 0) is 16.0 Å². The van der Waals surface area contributed by atoms with Crippen molar-refractivity contribution in [2.45, 2.75) is 76.9 Å². The van der Waals surface area contributed by atoms with Gasteiger partial charge in [0.05, 0.1) is 17.6 Å². The molecule has 6 nitrogen and oxygen atoms in total. The summed E-state index contributed by atoms with van der Waals surface area (Å²) in [7, 11) is 0. The number of ketones is 2. The molecule has 1 aromatic heterocycles. The first-order valence-electron chi connectivity index (χ1n) is 12.7. The number of aliphatic hydroxyl groups is 2. The second-order valence-electron chi connectivity index (χ2n) is 11.4. The predicted octanol–water partition coefficient (Wildman–Crippen LogP) is 3.56. The maximum absolute atomic E-state index is 13.4. The first-order chi connectivity index (χ1) is 16.2. The number of thioether (sulfide) groups is 1. The Bertz CT molecular complexity index is 1000. The highest BCUT2D eigenvalue weighted by molar-refractivity contribution is 7.99. The number of aromatic nitrogens is 2. The van der Waals surface area contributed by atoms with Gasteiger partial charge in [-0.2, -0.15) is 11.8 Å². The van der Waals surface area contributed by atoms with E-state index < -0.39 is 17.1 Å². The number of rotatable bonds is 6. The number of hydrogen-bond donors (Lipinski definition) is 2. The van der Waals surface area contributed by atoms with Crippen LogP contribution in [0.15, 0.2) is 30.2 Å². The molecule has 1 heterocycles. The van der Waals surface area contributed by atoms with Crippen LogP contribution in [0.5, 0.6) is 0 Å². The van der Waals surface area contributed by atoms with Gasteiger partial charge < -0.3 is 10.2 Å². The van der Waals surface area contributed by atoms with Gasteiger partial charge in [-0.05, 0) is 73.5 Å². The predicted molar refractivity (Wildman–Crippen MR) is 131 cm³/mol. The molecule has 0 spiro atoms. The SMILES string of the molecule is CC12CCC(=O)C=C1CCC1C2[C@@H](O)CC2(C)C1CC[C@]2(O)C(=O)CSCCc1cnccn1. The van der Waals surface area contributed by atoms with Gasteiger partial charge in [-0.25, -0.2) is 0 Å². The molecular weight excluding hydrogens is 448 g/mol. The molecule has 1 aromatic rings. The molecule has 5 unspecified atom stereocenters. The number of allylic oxidation sites excluding steroid dienone is 1. The molecule has 0 amide bonds. The molecular formula is C27H36N2O4S. The van der Waals surface area contributed by atoms with Gasteiger partial charge in [-0.1, -0.05) is 19.4 Å². The van der Waals surface area contributed by atoms with Crippen molar-refractivity contribution in [1.29, 1.82) is 0 Å². The van der Waals surface area contributed by atoms with Gasteiger partial charge in [0.15, 0.2) is 11.6 Å². The van der Waals surface area contributed by atoms with Crippen molar-refractivity contribution in [3.05, 3.63) is 35.9 Å². The summed E-state index contributed by atoms with van der Waals surface area (Å²) in [6.07, 6.45) is 12.0. The molecule has 3 saturated carbocycles. The average molecular weight is 485 g/mol. The summed E-state index contributed by atoms with van der Waals surface area (Å²) in [4.78, 5) is 33.8.